The average molecular weight is 456 g/mol. The maximum Gasteiger partial charge on any atom is 0.259 e. The summed E-state index contributed by atoms with van der Waals surface area (Å²) in [5.74, 6) is -2.73. The lowest BCUT2D eigenvalue weighted by molar-refractivity contribution is -0.140. The molecule has 31 heavy (non-hydrogen) atoms. The zero-order valence-electron chi connectivity index (χ0n) is 18.0. The summed E-state index contributed by atoms with van der Waals surface area (Å²) in [6.45, 7) is 0.620. The predicted octanol–water partition coefficient (Wildman–Crippen LogP) is 0.279. The van der Waals surface area contributed by atoms with Crippen molar-refractivity contribution in [2.45, 2.75) is 81.1 Å². The molecule has 0 aromatic rings. The number of hydrogen-bond acceptors (Lipinski definition) is 6. The summed E-state index contributed by atoms with van der Waals surface area (Å²) in [5.41, 5.74) is -1.24. The number of hydrogen-bond donors (Lipinski definition) is 3. The lowest BCUT2D eigenvalue weighted by Crippen LogP contribution is -2.54. The number of nitrogens with zero attached hydrogens (tertiary/aromatic N) is 1. The van der Waals surface area contributed by atoms with E-state index >= 15 is 0 Å². The number of rotatable bonds is 3. The fourth-order valence-electron chi connectivity index (χ4n) is 5.22. The average Bonchev–Trinajstić information content (AvgIpc) is 3.61. The van der Waals surface area contributed by atoms with E-state index in [2.05, 4.69) is 10.0 Å². The highest BCUT2D eigenvalue weighted by Gasteiger charge is 2.62. The Labute approximate surface area is 183 Å². The molecule has 0 radical (unpaired) electrons. The Kier molecular flexibility index (Phi) is 6.06. The Bertz CT molecular complexity index is 857. The number of carbonyl (C=O) groups is 3. The van der Waals surface area contributed by atoms with Crippen molar-refractivity contribution in [2.24, 2.45) is 17.8 Å². The van der Waals surface area contributed by atoms with Crippen molar-refractivity contribution in [1.29, 1.82) is 0 Å². The van der Waals surface area contributed by atoms with Crippen molar-refractivity contribution < 1.29 is 27.9 Å². The van der Waals surface area contributed by atoms with Crippen LogP contribution in [0, 0.1) is 17.8 Å². The second-order valence-electron chi connectivity index (χ2n) is 9.84. The molecule has 174 valence electrons. The van der Waals surface area contributed by atoms with E-state index in [1.807, 2.05) is 0 Å². The third-order valence-corrected chi connectivity index (χ3v) is 9.24. The van der Waals surface area contributed by atoms with E-state index in [4.69, 9.17) is 0 Å². The molecule has 1 aliphatic heterocycles. The second kappa shape index (κ2) is 8.35. The van der Waals surface area contributed by atoms with Gasteiger partial charge in [-0.3, -0.25) is 19.1 Å². The topological polar surface area (TPSA) is 133 Å². The van der Waals surface area contributed by atoms with Crippen molar-refractivity contribution >= 4 is 27.7 Å². The summed E-state index contributed by atoms with van der Waals surface area (Å²) in [7, 11) is -1.99. The molecule has 4 fully saturated rings. The monoisotopic (exact) mass is 455 g/mol. The number of aliphatic hydroxyl groups excluding tert-OH is 1. The van der Waals surface area contributed by atoms with E-state index < -0.39 is 50.6 Å². The Morgan fingerprint density at radius 1 is 1.10 bits per heavy atom. The normalized spacial score (nSPS) is 37.3. The van der Waals surface area contributed by atoms with Crippen LogP contribution < -0.4 is 10.0 Å². The first-order chi connectivity index (χ1) is 14.6. The number of sulfonamides is 1. The van der Waals surface area contributed by atoms with Gasteiger partial charge in [0.1, 0.15) is 5.54 Å². The molecule has 3 aliphatic carbocycles. The van der Waals surface area contributed by atoms with Gasteiger partial charge in [-0.15, -0.1) is 0 Å². The van der Waals surface area contributed by atoms with E-state index in [9.17, 15) is 27.9 Å². The number of amides is 3. The molecule has 1 heterocycles. The van der Waals surface area contributed by atoms with Crippen LogP contribution in [0.15, 0.2) is 0 Å². The van der Waals surface area contributed by atoms with Crippen LogP contribution in [0.5, 0.6) is 0 Å². The maximum atomic E-state index is 13.2. The Morgan fingerprint density at radius 3 is 2.48 bits per heavy atom. The first kappa shape index (κ1) is 22.5. The molecule has 3 N–H and O–H groups in total. The summed E-state index contributed by atoms with van der Waals surface area (Å²) in [4.78, 5) is 40.8. The van der Waals surface area contributed by atoms with Gasteiger partial charge in [0.25, 0.3) is 5.91 Å². The minimum Gasteiger partial charge on any atom is -0.393 e. The molecular formula is C21H33N3O6S. The summed E-state index contributed by atoms with van der Waals surface area (Å²) in [5, 5.41) is 12.5. The van der Waals surface area contributed by atoms with Crippen LogP contribution in [0.2, 0.25) is 0 Å². The van der Waals surface area contributed by atoms with Gasteiger partial charge >= 0.3 is 0 Å². The molecule has 1 saturated heterocycles. The SMILES string of the molecule is CN1CCCCCC[C@@H]2C[C@@]2(C(=O)NS(=O)(=O)C2CC2)NC(=O)C2C[C@@H](O)C[C@H]2C1=O. The molecule has 0 spiro atoms. The van der Waals surface area contributed by atoms with Crippen LogP contribution in [0.25, 0.3) is 0 Å². The lowest BCUT2D eigenvalue weighted by Gasteiger charge is -2.27. The minimum atomic E-state index is -3.72. The zero-order chi connectivity index (χ0) is 22.4. The zero-order valence-corrected chi connectivity index (χ0v) is 18.8. The van der Waals surface area contributed by atoms with Gasteiger partial charge < -0.3 is 15.3 Å². The van der Waals surface area contributed by atoms with Crippen molar-refractivity contribution in [3.8, 4) is 0 Å². The van der Waals surface area contributed by atoms with Crippen LogP contribution in [0.4, 0.5) is 0 Å². The molecule has 4 rings (SSSR count). The predicted molar refractivity (Wildman–Crippen MR) is 112 cm³/mol. The van der Waals surface area contributed by atoms with Crippen LogP contribution in [0.3, 0.4) is 0 Å². The second-order valence-corrected chi connectivity index (χ2v) is 11.8. The first-order valence-electron chi connectivity index (χ1n) is 11.4. The molecule has 0 aromatic carbocycles. The molecule has 0 bridgehead atoms. The highest BCUT2D eigenvalue weighted by Crippen LogP contribution is 2.48. The smallest absolute Gasteiger partial charge is 0.259 e. The fraction of sp³-hybridized carbons (Fsp3) is 0.857. The van der Waals surface area contributed by atoms with E-state index in [1.54, 1.807) is 11.9 Å². The van der Waals surface area contributed by atoms with Crippen molar-refractivity contribution in [1.82, 2.24) is 14.9 Å². The van der Waals surface area contributed by atoms with Crippen LogP contribution in [-0.2, 0) is 24.4 Å². The first-order valence-corrected chi connectivity index (χ1v) is 13.0. The number of nitrogens with one attached hydrogen (secondary N) is 2. The largest absolute Gasteiger partial charge is 0.393 e. The van der Waals surface area contributed by atoms with Gasteiger partial charge in [-0.2, -0.15) is 0 Å². The van der Waals surface area contributed by atoms with Crippen LogP contribution in [-0.4, -0.2) is 66.6 Å². The molecule has 3 saturated carbocycles. The van der Waals surface area contributed by atoms with Gasteiger partial charge in [0, 0.05) is 13.6 Å². The van der Waals surface area contributed by atoms with Crippen LogP contribution in [0.1, 0.15) is 64.2 Å². The van der Waals surface area contributed by atoms with Crippen LogP contribution >= 0.6 is 0 Å². The van der Waals surface area contributed by atoms with Crippen molar-refractivity contribution in [3.63, 3.8) is 0 Å². The lowest BCUT2D eigenvalue weighted by atomic mass is 9.92. The van der Waals surface area contributed by atoms with E-state index in [0.29, 0.717) is 25.8 Å². The summed E-state index contributed by atoms with van der Waals surface area (Å²) in [6.07, 6.45) is 5.53. The molecule has 9 nitrogen and oxygen atoms in total. The third-order valence-electron chi connectivity index (χ3n) is 7.42. The summed E-state index contributed by atoms with van der Waals surface area (Å²) >= 11 is 0. The molecule has 4 aliphatic rings. The summed E-state index contributed by atoms with van der Waals surface area (Å²) in [6, 6.07) is 0. The quantitative estimate of drug-likeness (QED) is 0.560. The van der Waals surface area contributed by atoms with Gasteiger partial charge in [0.15, 0.2) is 0 Å². The molecule has 10 heteroatoms. The van der Waals surface area contributed by atoms with E-state index in [1.165, 1.54) is 0 Å². The van der Waals surface area contributed by atoms with Gasteiger partial charge in [-0.25, -0.2) is 8.42 Å². The highest BCUT2D eigenvalue weighted by molar-refractivity contribution is 7.91. The molecule has 3 amide bonds. The third kappa shape index (κ3) is 4.60. The highest BCUT2D eigenvalue weighted by atomic mass is 32.2. The maximum absolute atomic E-state index is 13.2. The van der Waals surface area contributed by atoms with Gasteiger partial charge in [-0.05, 0) is 50.9 Å². The number of aliphatic hydroxyl groups is 1. The van der Waals surface area contributed by atoms with Gasteiger partial charge in [-0.1, -0.05) is 19.3 Å². The van der Waals surface area contributed by atoms with Gasteiger partial charge in [0.2, 0.25) is 21.8 Å². The fourth-order valence-corrected chi connectivity index (χ4v) is 6.58. The molecule has 0 aromatic heterocycles. The summed E-state index contributed by atoms with van der Waals surface area (Å²) < 4.78 is 26.9. The Morgan fingerprint density at radius 2 is 1.77 bits per heavy atom. The number of fused-ring (bicyclic) bond motifs is 2. The Hall–Kier alpha value is -1.68. The molecule has 5 atom stereocenters. The van der Waals surface area contributed by atoms with Crippen molar-refractivity contribution in [3.05, 3.63) is 0 Å². The standard InChI is InChI=1S/C21H33N3O6S/c1-24-9-5-3-2-4-6-13-12-21(13,20(28)23-31(29,30)15-7-8-15)22-18(26)16-10-14(25)11-17(16)19(24)27/h13-17,25H,2-12H2,1H3,(H,22,26)(H,23,28)/t13-,14-,16?,17-,21-/m1/s1. The molecule has 1 unspecified atom stereocenters. The molecular weight excluding hydrogens is 422 g/mol. The Balaban J connectivity index is 1.55. The van der Waals surface area contributed by atoms with Crippen molar-refractivity contribution in [2.75, 3.05) is 13.6 Å². The number of carbonyl (C=O) groups excluding carboxylic acids is 3. The van der Waals surface area contributed by atoms with E-state index in [0.717, 1.165) is 32.1 Å². The van der Waals surface area contributed by atoms with Gasteiger partial charge in [0.05, 0.1) is 23.2 Å². The van der Waals surface area contributed by atoms with E-state index in [-0.39, 0.29) is 24.7 Å². The minimum absolute atomic E-state index is 0.114.